The lowest BCUT2D eigenvalue weighted by atomic mass is 9.43. The van der Waals surface area contributed by atoms with Gasteiger partial charge >= 0.3 is 6.85 Å². The Hall–Kier alpha value is -6.76. The lowest BCUT2D eigenvalue weighted by Gasteiger charge is -2.42. The highest BCUT2D eigenvalue weighted by Crippen LogP contribution is 2.56. The Morgan fingerprint density at radius 2 is 1.18 bits per heavy atom. The van der Waals surface area contributed by atoms with Crippen LogP contribution in [0.2, 0.25) is 0 Å². The third kappa shape index (κ3) is 4.65. The van der Waals surface area contributed by atoms with Gasteiger partial charge in [0.1, 0.15) is 22.3 Å². The minimum atomic E-state index is -0.180. The van der Waals surface area contributed by atoms with Crippen molar-refractivity contribution in [3.63, 3.8) is 0 Å². The van der Waals surface area contributed by atoms with Crippen LogP contribution >= 0.6 is 11.3 Å². The maximum atomic E-state index is 6.85. The molecule has 66 heavy (non-hydrogen) atoms. The third-order valence-electron chi connectivity index (χ3n) is 16.2. The van der Waals surface area contributed by atoms with E-state index in [0.717, 1.165) is 62.4 Å². The van der Waals surface area contributed by atoms with Crippen LogP contribution in [0.4, 0.5) is 11.4 Å². The first-order valence-electron chi connectivity index (χ1n) is 23.7. The molecule has 3 aliphatic rings. The van der Waals surface area contributed by atoms with E-state index in [2.05, 4.69) is 191 Å². The van der Waals surface area contributed by atoms with Crippen LogP contribution in [-0.4, -0.2) is 11.4 Å². The molecule has 15 rings (SSSR count). The highest BCUT2D eigenvalue weighted by atomic mass is 32.1. The Morgan fingerprint density at radius 1 is 0.576 bits per heavy atom. The number of furan rings is 2. The minimum absolute atomic E-state index is 0.0121. The van der Waals surface area contributed by atoms with Crippen molar-refractivity contribution in [3.05, 3.63) is 150 Å². The number of thiophene rings is 1. The molecular weight excluding hydrogens is 824 g/mol. The molecule has 0 atom stereocenters. The lowest BCUT2D eigenvalue weighted by Crippen LogP contribution is -2.60. The molecule has 0 N–H and O–H groups in total. The minimum Gasteiger partial charge on any atom is -0.456 e. The predicted octanol–water partition coefficient (Wildman–Crippen LogP) is 15.8. The lowest BCUT2D eigenvalue weighted by molar-refractivity contribution is 0.332. The van der Waals surface area contributed by atoms with E-state index in [0.29, 0.717) is 0 Å². The standard InChI is InChI=1S/C60H47BN2O2S/c1-58(2,3)32-20-22-33(23-21-32)63-45-27-37-34-14-8-11-17-47(34)64-49(37)29-40(45)52-53-36-16-10-13-19-51(36)66-57(53)54-39-26-41-42(60(6,7)25-24-59(41,4)5)30-44(39)62-46-28-38-35-15-9-12-18-48(35)65-50(38)31-43(46)61(63)55(52)56(54)62/h8-23,26-31H,24-25H2,1-7H3. The molecule has 0 spiro atoms. The number of hydrogen-bond acceptors (Lipinski definition) is 4. The van der Waals surface area contributed by atoms with Crippen molar-refractivity contribution < 1.29 is 8.83 Å². The van der Waals surface area contributed by atoms with Crippen molar-refractivity contribution in [3.8, 4) is 16.8 Å². The molecule has 1 aliphatic carbocycles. The van der Waals surface area contributed by atoms with Crippen molar-refractivity contribution in [2.45, 2.75) is 77.6 Å². The van der Waals surface area contributed by atoms with Gasteiger partial charge < -0.3 is 18.2 Å². The summed E-state index contributed by atoms with van der Waals surface area (Å²) >= 11 is 1.96. The second kappa shape index (κ2) is 12.2. The molecule has 8 aromatic carbocycles. The maximum absolute atomic E-state index is 6.85. The molecule has 0 radical (unpaired) electrons. The van der Waals surface area contributed by atoms with E-state index in [-0.39, 0.29) is 23.1 Å². The molecule has 0 saturated carbocycles. The number of fused-ring (bicyclic) bond motifs is 20. The van der Waals surface area contributed by atoms with Crippen molar-refractivity contribution in [2.24, 2.45) is 0 Å². The SMILES string of the molecule is CC(C)(C)c1ccc(N2B3c4cc5oc6ccccc6c5cc4-n4c5cc6c(cc5c5c7sc8ccccc8c7c(c3c54)-c3cc4oc5ccccc5c4cc32)C(C)(C)CCC6(C)C)cc1. The van der Waals surface area contributed by atoms with Gasteiger partial charge in [0.2, 0.25) is 0 Å². The van der Waals surface area contributed by atoms with Gasteiger partial charge in [-0.1, -0.05) is 115 Å². The van der Waals surface area contributed by atoms with Crippen LogP contribution in [0, 0.1) is 0 Å². The van der Waals surface area contributed by atoms with E-state index < -0.39 is 0 Å². The fourth-order valence-corrected chi connectivity index (χ4v) is 13.9. The number of nitrogens with zero attached hydrogens (tertiary/aromatic N) is 2. The normalized spacial score (nSPS) is 16.2. The van der Waals surface area contributed by atoms with Crippen LogP contribution in [0.1, 0.15) is 78.0 Å². The zero-order chi connectivity index (χ0) is 44.3. The van der Waals surface area contributed by atoms with Crippen LogP contribution in [0.25, 0.3) is 103 Å². The highest BCUT2D eigenvalue weighted by molar-refractivity contribution is 7.27. The predicted molar refractivity (Wildman–Crippen MR) is 281 cm³/mol. The fraction of sp³-hybridized carbons (Fsp3) is 0.200. The topological polar surface area (TPSA) is 34.5 Å². The first kappa shape index (κ1) is 37.5. The van der Waals surface area contributed by atoms with Gasteiger partial charge in [0.05, 0.1) is 11.0 Å². The Labute approximate surface area is 387 Å². The molecule has 6 heteroatoms. The monoisotopic (exact) mass is 870 g/mol. The van der Waals surface area contributed by atoms with E-state index in [4.69, 9.17) is 8.83 Å². The van der Waals surface area contributed by atoms with E-state index in [1.807, 2.05) is 11.3 Å². The van der Waals surface area contributed by atoms with Crippen molar-refractivity contribution in [2.75, 3.05) is 4.81 Å². The van der Waals surface area contributed by atoms with Crippen LogP contribution in [0.15, 0.2) is 142 Å². The molecule has 0 saturated heterocycles. The zero-order valence-electron chi connectivity index (χ0n) is 38.3. The van der Waals surface area contributed by atoms with Gasteiger partial charge in [-0.3, -0.25) is 0 Å². The van der Waals surface area contributed by atoms with E-state index >= 15 is 0 Å². The first-order valence-corrected chi connectivity index (χ1v) is 24.5. The maximum Gasteiger partial charge on any atom is 0.333 e. The summed E-state index contributed by atoms with van der Waals surface area (Å²) in [6.07, 6.45) is 2.32. The smallest absolute Gasteiger partial charge is 0.333 e. The average molecular weight is 871 g/mol. The number of rotatable bonds is 1. The number of anilines is 2. The molecule has 0 amide bonds. The van der Waals surface area contributed by atoms with Gasteiger partial charge in [0.15, 0.2) is 0 Å². The summed E-state index contributed by atoms with van der Waals surface area (Å²) in [5, 5.41) is 9.91. The molecule has 12 aromatic rings. The molecule has 6 heterocycles. The van der Waals surface area contributed by atoms with Crippen molar-refractivity contribution in [1.82, 2.24) is 4.57 Å². The summed E-state index contributed by atoms with van der Waals surface area (Å²) in [6.45, 7) is 16.6. The summed E-state index contributed by atoms with van der Waals surface area (Å²) in [7, 11) is 0. The Kier molecular flexibility index (Phi) is 6.91. The van der Waals surface area contributed by atoms with Gasteiger partial charge in [-0.05, 0) is 129 Å². The van der Waals surface area contributed by atoms with Crippen LogP contribution in [0.5, 0.6) is 0 Å². The quantitative estimate of drug-likeness (QED) is 0.154. The summed E-state index contributed by atoms with van der Waals surface area (Å²) in [5.41, 5.74) is 19.3. The summed E-state index contributed by atoms with van der Waals surface area (Å²) < 4.78 is 19.0. The number of aromatic nitrogens is 1. The number of hydrogen-bond donors (Lipinski definition) is 0. The molecule has 4 nitrogen and oxygen atoms in total. The largest absolute Gasteiger partial charge is 0.456 e. The second-order valence-electron chi connectivity index (χ2n) is 21.9. The third-order valence-corrected chi connectivity index (χ3v) is 17.4. The van der Waals surface area contributed by atoms with Gasteiger partial charge in [-0.25, -0.2) is 0 Å². The number of para-hydroxylation sites is 2. The molecule has 4 aromatic heterocycles. The highest BCUT2D eigenvalue weighted by Gasteiger charge is 2.47. The fourth-order valence-electron chi connectivity index (χ4n) is 12.7. The zero-order valence-corrected chi connectivity index (χ0v) is 39.1. The van der Waals surface area contributed by atoms with Crippen LogP contribution in [-0.2, 0) is 16.2 Å². The van der Waals surface area contributed by atoms with E-state index in [9.17, 15) is 0 Å². The summed E-state index contributed by atoms with van der Waals surface area (Å²) in [6, 6.07) is 50.5. The van der Waals surface area contributed by atoms with Gasteiger partial charge in [-0.15, -0.1) is 11.3 Å². The van der Waals surface area contributed by atoms with Crippen LogP contribution in [0.3, 0.4) is 0 Å². The van der Waals surface area contributed by atoms with Gasteiger partial charge in [0.25, 0.3) is 0 Å². The van der Waals surface area contributed by atoms with Gasteiger partial charge in [-0.2, -0.15) is 0 Å². The number of benzene rings is 8. The Balaban J connectivity index is 1.20. The molecule has 0 unspecified atom stereocenters. The second-order valence-corrected chi connectivity index (χ2v) is 22.9. The molecule has 2 aliphatic heterocycles. The van der Waals surface area contributed by atoms with E-state index in [1.54, 1.807) is 0 Å². The van der Waals surface area contributed by atoms with Crippen LogP contribution < -0.4 is 15.7 Å². The summed E-state index contributed by atoms with van der Waals surface area (Å²) in [5.74, 6) is 0. The molecule has 0 bridgehead atoms. The van der Waals surface area contributed by atoms with E-state index in [1.165, 1.54) is 92.1 Å². The van der Waals surface area contributed by atoms with Crippen molar-refractivity contribution in [1.29, 1.82) is 0 Å². The Morgan fingerprint density at radius 3 is 1.86 bits per heavy atom. The first-order chi connectivity index (χ1) is 31.8. The molecule has 0 fully saturated rings. The summed E-state index contributed by atoms with van der Waals surface area (Å²) in [4.78, 5) is 2.66. The van der Waals surface area contributed by atoms with Gasteiger partial charge in [0, 0.05) is 75.1 Å². The Bertz CT molecular complexity index is 4170. The van der Waals surface area contributed by atoms with Crippen molar-refractivity contribution >= 4 is 126 Å². The average Bonchev–Trinajstić information content (AvgIpc) is 4.07. The molecular formula is C60H47BN2O2S. The molecule has 318 valence electrons.